The van der Waals surface area contributed by atoms with Gasteiger partial charge in [0.05, 0.1) is 0 Å². The van der Waals surface area contributed by atoms with Gasteiger partial charge in [0.25, 0.3) is 0 Å². The Morgan fingerprint density at radius 3 is 2.41 bits per heavy atom. The van der Waals surface area contributed by atoms with Gasteiger partial charge in [0.1, 0.15) is 5.82 Å². The molecule has 0 N–H and O–H groups in total. The number of likely N-dealkylation sites (N-methyl/N-ethyl adjacent to an activating group) is 1. The van der Waals surface area contributed by atoms with Gasteiger partial charge in [-0.15, -0.1) is 0 Å². The largest absolute Gasteiger partial charge is 0.354 e. The summed E-state index contributed by atoms with van der Waals surface area (Å²) in [6.07, 6.45) is 6.88. The Labute approximate surface area is 201 Å². The number of rotatable bonds is 12. The number of unbranched alkanes of at least 4 members (excludes halogenated alkanes) is 1. The summed E-state index contributed by atoms with van der Waals surface area (Å²) in [6, 6.07) is 9.08. The molecule has 4 nitrogen and oxygen atoms in total. The number of anilines is 1. The van der Waals surface area contributed by atoms with Crippen LogP contribution in [0.25, 0.3) is 10.8 Å². The van der Waals surface area contributed by atoms with Crippen molar-refractivity contribution in [3.05, 3.63) is 35.5 Å². The molecule has 2 aromatic rings. The summed E-state index contributed by atoms with van der Waals surface area (Å²) < 4.78 is 0. The normalized spacial score (nSPS) is 15.1. The molecule has 0 atom stereocenters. The minimum absolute atomic E-state index is 0.901. The first kappa shape index (κ1) is 25.1. The van der Waals surface area contributed by atoms with Crippen molar-refractivity contribution in [2.75, 3.05) is 57.8 Å². The van der Waals surface area contributed by atoms with Gasteiger partial charge in [-0.25, -0.2) is 4.98 Å². The van der Waals surface area contributed by atoms with E-state index in [0.717, 1.165) is 50.5 Å². The molecule has 0 bridgehead atoms. The Morgan fingerprint density at radius 2 is 1.72 bits per heavy atom. The highest BCUT2D eigenvalue weighted by Crippen LogP contribution is 2.25. The number of benzene rings is 1. The molecule has 1 saturated heterocycles. The lowest BCUT2D eigenvalue weighted by Crippen LogP contribution is -2.44. The molecule has 1 fully saturated rings. The fraction of sp³-hybridized carbons (Fsp3) is 0.630. The predicted molar refractivity (Wildman–Crippen MR) is 143 cm³/mol. The molecule has 3 rings (SSSR count). The van der Waals surface area contributed by atoms with Crippen LogP contribution in [-0.4, -0.2) is 72.5 Å². The van der Waals surface area contributed by atoms with Gasteiger partial charge in [-0.05, 0) is 93.7 Å². The van der Waals surface area contributed by atoms with Gasteiger partial charge < -0.3 is 14.7 Å². The second-order valence-corrected chi connectivity index (χ2v) is 10.0. The van der Waals surface area contributed by atoms with Gasteiger partial charge in [-0.1, -0.05) is 38.2 Å². The summed E-state index contributed by atoms with van der Waals surface area (Å²) in [5.74, 6) is 1.12. The van der Waals surface area contributed by atoms with Crippen molar-refractivity contribution in [2.24, 2.45) is 0 Å². The number of aromatic nitrogens is 1. The standard InChI is InChI=1S/C27H42N4S/c1-5-12-30(13-6-2)14-8-7-9-25(32)19-23-10-11-24-21-27(28-22(3)26(24)20-23)31-17-15-29(4)16-18-31/h10-11,20-21H,5-9,12-19H2,1-4H3. The van der Waals surface area contributed by atoms with E-state index in [1.807, 2.05) is 0 Å². The fourth-order valence-electron chi connectivity index (χ4n) is 4.70. The number of pyridine rings is 1. The topological polar surface area (TPSA) is 22.6 Å². The van der Waals surface area contributed by atoms with Crippen molar-refractivity contribution in [1.82, 2.24) is 14.8 Å². The highest BCUT2D eigenvalue weighted by Gasteiger charge is 2.16. The van der Waals surface area contributed by atoms with Crippen LogP contribution in [-0.2, 0) is 6.42 Å². The van der Waals surface area contributed by atoms with Crippen molar-refractivity contribution in [3.8, 4) is 0 Å². The first-order chi connectivity index (χ1) is 15.5. The van der Waals surface area contributed by atoms with E-state index in [1.165, 1.54) is 66.5 Å². The second kappa shape index (κ2) is 12.6. The first-order valence-electron chi connectivity index (χ1n) is 12.6. The Morgan fingerprint density at radius 1 is 1.00 bits per heavy atom. The van der Waals surface area contributed by atoms with Gasteiger partial charge in [0, 0.05) is 43.7 Å². The van der Waals surface area contributed by atoms with Crippen LogP contribution < -0.4 is 4.90 Å². The smallest absolute Gasteiger partial charge is 0.129 e. The Hall–Kier alpha value is -1.56. The van der Waals surface area contributed by atoms with E-state index in [4.69, 9.17) is 17.2 Å². The zero-order valence-corrected chi connectivity index (χ0v) is 21.5. The summed E-state index contributed by atoms with van der Waals surface area (Å²) in [5, 5.41) is 2.55. The van der Waals surface area contributed by atoms with E-state index in [1.54, 1.807) is 0 Å². The first-order valence-corrected chi connectivity index (χ1v) is 13.0. The quantitative estimate of drug-likeness (QED) is 0.311. The molecule has 176 valence electrons. The molecule has 32 heavy (non-hydrogen) atoms. The van der Waals surface area contributed by atoms with E-state index in [0.29, 0.717) is 0 Å². The van der Waals surface area contributed by atoms with E-state index in [-0.39, 0.29) is 0 Å². The van der Waals surface area contributed by atoms with Crippen molar-refractivity contribution < 1.29 is 0 Å². The van der Waals surface area contributed by atoms with Crippen LogP contribution in [0.5, 0.6) is 0 Å². The molecule has 0 radical (unpaired) electrons. The van der Waals surface area contributed by atoms with Crippen LogP contribution in [0.15, 0.2) is 24.3 Å². The molecule has 1 aliphatic heterocycles. The molecule has 0 saturated carbocycles. The summed E-state index contributed by atoms with van der Waals surface area (Å²) in [4.78, 5) is 13.5. The molecular formula is C27H42N4S. The number of nitrogens with zero attached hydrogens (tertiary/aromatic N) is 4. The zero-order chi connectivity index (χ0) is 22.9. The SMILES string of the molecule is CCCN(CCC)CCCCC(=S)Cc1ccc2cc(N3CCN(C)CC3)nc(C)c2c1. The molecule has 1 aliphatic rings. The Balaban J connectivity index is 1.54. The number of aryl methyl sites for hydroxylation is 1. The van der Waals surface area contributed by atoms with Gasteiger partial charge >= 0.3 is 0 Å². The summed E-state index contributed by atoms with van der Waals surface area (Å²) >= 11 is 5.75. The lowest BCUT2D eigenvalue weighted by molar-refractivity contribution is 0.269. The fourth-order valence-corrected chi connectivity index (χ4v) is 5.01. The third-order valence-electron chi connectivity index (χ3n) is 6.56. The molecule has 5 heteroatoms. The molecule has 0 unspecified atom stereocenters. The summed E-state index contributed by atoms with van der Waals surface area (Å²) in [6.45, 7) is 14.6. The van der Waals surface area contributed by atoms with Crippen LogP contribution in [0.1, 0.15) is 57.2 Å². The maximum atomic E-state index is 5.75. The summed E-state index contributed by atoms with van der Waals surface area (Å²) in [5.41, 5.74) is 2.44. The van der Waals surface area contributed by atoms with Crippen molar-refractivity contribution in [2.45, 2.75) is 59.3 Å². The minimum atomic E-state index is 0.901. The molecule has 2 heterocycles. The van der Waals surface area contributed by atoms with E-state index in [9.17, 15) is 0 Å². The molecular weight excluding hydrogens is 412 g/mol. The van der Waals surface area contributed by atoms with Gasteiger partial charge in [-0.2, -0.15) is 0 Å². The maximum absolute atomic E-state index is 5.75. The van der Waals surface area contributed by atoms with E-state index in [2.05, 4.69) is 66.8 Å². The van der Waals surface area contributed by atoms with Crippen LogP contribution in [0.2, 0.25) is 0 Å². The van der Waals surface area contributed by atoms with Gasteiger partial charge in [0.15, 0.2) is 0 Å². The van der Waals surface area contributed by atoms with Crippen molar-refractivity contribution in [3.63, 3.8) is 0 Å². The highest BCUT2D eigenvalue weighted by atomic mass is 32.1. The van der Waals surface area contributed by atoms with Crippen molar-refractivity contribution >= 4 is 33.7 Å². The molecule has 0 aliphatic carbocycles. The van der Waals surface area contributed by atoms with Gasteiger partial charge in [0.2, 0.25) is 0 Å². The highest BCUT2D eigenvalue weighted by molar-refractivity contribution is 7.80. The monoisotopic (exact) mass is 454 g/mol. The Kier molecular flexibility index (Phi) is 9.89. The number of fused-ring (bicyclic) bond motifs is 1. The number of hydrogen-bond donors (Lipinski definition) is 0. The molecule has 1 aromatic heterocycles. The minimum Gasteiger partial charge on any atom is -0.354 e. The number of piperazine rings is 1. The Bertz CT molecular complexity index is 867. The maximum Gasteiger partial charge on any atom is 0.129 e. The van der Waals surface area contributed by atoms with E-state index >= 15 is 0 Å². The van der Waals surface area contributed by atoms with Crippen molar-refractivity contribution in [1.29, 1.82) is 0 Å². The molecule has 1 aromatic carbocycles. The lowest BCUT2D eigenvalue weighted by atomic mass is 10.0. The van der Waals surface area contributed by atoms with E-state index < -0.39 is 0 Å². The summed E-state index contributed by atoms with van der Waals surface area (Å²) in [7, 11) is 2.19. The third-order valence-corrected chi connectivity index (χ3v) is 6.91. The zero-order valence-electron chi connectivity index (χ0n) is 20.7. The van der Waals surface area contributed by atoms with Gasteiger partial charge in [-0.3, -0.25) is 0 Å². The second-order valence-electron chi connectivity index (χ2n) is 9.43. The molecule has 0 spiro atoms. The number of hydrogen-bond acceptors (Lipinski definition) is 5. The average molecular weight is 455 g/mol. The predicted octanol–water partition coefficient (Wildman–Crippen LogP) is 5.50. The van der Waals surface area contributed by atoms with Crippen LogP contribution in [0.3, 0.4) is 0 Å². The number of thiocarbonyl (C=S) groups is 1. The van der Waals surface area contributed by atoms with Crippen LogP contribution in [0.4, 0.5) is 5.82 Å². The van der Waals surface area contributed by atoms with Crippen LogP contribution in [0, 0.1) is 6.92 Å². The third kappa shape index (κ3) is 7.23. The average Bonchev–Trinajstić information content (AvgIpc) is 2.78. The lowest BCUT2D eigenvalue weighted by Gasteiger charge is -2.33. The van der Waals surface area contributed by atoms with Crippen LogP contribution >= 0.6 is 12.2 Å². The molecule has 0 amide bonds.